The van der Waals surface area contributed by atoms with E-state index in [1.807, 2.05) is 60.7 Å². The Bertz CT molecular complexity index is 692. The Labute approximate surface area is 159 Å². The third kappa shape index (κ3) is 5.92. The number of rotatable bonds is 10. The number of thioether (sulfide) groups is 1. The number of anilines is 1. The molecular weight excluding hydrogens is 344 g/mol. The van der Waals surface area contributed by atoms with Crippen LogP contribution in [0, 0.1) is 0 Å². The van der Waals surface area contributed by atoms with E-state index in [1.54, 1.807) is 4.90 Å². The van der Waals surface area contributed by atoms with E-state index in [0.717, 1.165) is 24.2 Å². The maximum Gasteiger partial charge on any atom is 0.241 e. The molecule has 0 heterocycles. The zero-order chi connectivity index (χ0) is 18.8. The third-order valence-corrected chi connectivity index (χ3v) is 5.18. The first-order chi connectivity index (χ1) is 12.6. The van der Waals surface area contributed by atoms with Crippen LogP contribution in [0.4, 0.5) is 5.69 Å². The van der Waals surface area contributed by atoms with Gasteiger partial charge in [0.15, 0.2) is 0 Å². The number of hydrogen-bond donors (Lipinski definition) is 1. The van der Waals surface area contributed by atoms with E-state index in [9.17, 15) is 9.59 Å². The lowest BCUT2D eigenvalue weighted by molar-refractivity contribution is -0.124. The van der Waals surface area contributed by atoms with E-state index in [-0.39, 0.29) is 5.91 Å². The molecule has 2 aromatic rings. The highest BCUT2D eigenvalue weighted by Crippen LogP contribution is 2.24. The van der Waals surface area contributed by atoms with Gasteiger partial charge >= 0.3 is 0 Å². The quantitative estimate of drug-likeness (QED) is 0.502. The minimum Gasteiger partial charge on any atom is -0.368 e. The van der Waals surface area contributed by atoms with Crippen LogP contribution in [-0.4, -0.2) is 23.6 Å². The van der Waals surface area contributed by atoms with Crippen molar-refractivity contribution in [1.29, 1.82) is 0 Å². The fourth-order valence-electron chi connectivity index (χ4n) is 2.71. The molecule has 0 fully saturated rings. The van der Waals surface area contributed by atoms with Crippen molar-refractivity contribution in [3.63, 3.8) is 0 Å². The summed E-state index contributed by atoms with van der Waals surface area (Å²) < 4.78 is 0. The van der Waals surface area contributed by atoms with Gasteiger partial charge in [0.05, 0.1) is 0 Å². The first-order valence-corrected chi connectivity index (χ1v) is 9.96. The lowest BCUT2D eigenvalue weighted by Gasteiger charge is -2.30. The molecule has 5 heteroatoms. The molecule has 0 saturated heterocycles. The molecule has 4 nitrogen and oxygen atoms in total. The predicted octanol–water partition coefficient (Wildman–Crippen LogP) is 4.25. The van der Waals surface area contributed by atoms with Crippen LogP contribution in [0.1, 0.15) is 32.6 Å². The van der Waals surface area contributed by atoms with Crippen LogP contribution in [0.15, 0.2) is 65.6 Å². The summed E-state index contributed by atoms with van der Waals surface area (Å²) in [4.78, 5) is 27.7. The van der Waals surface area contributed by atoms with Gasteiger partial charge in [-0.25, -0.2) is 0 Å². The maximum absolute atomic E-state index is 12.9. The lowest BCUT2D eigenvalue weighted by atomic mass is 10.1. The van der Waals surface area contributed by atoms with Crippen molar-refractivity contribution in [1.82, 2.24) is 0 Å². The summed E-state index contributed by atoms with van der Waals surface area (Å²) in [5.41, 5.74) is 6.40. The van der Waals surface area contributed by atoms with Crippen LogP contribution in [0.2, 0.25) is 0 Å². The van der Waals surface area contributed by atoms with Crippen molar-refractivity contribution in [3.8, 4) is 0 Å². The molecule has 0 saturated carbocycles. The second-order valence-electron chi connectivity index (χ2n) is 6.10. The number of carbonyl (C=O) groups is 2. The summed E-state index contributed by atoms with van der Waals surface area (Å²) in [6, 6.07) is 18.5. The molecule has 1 atom stereocenters. The normalized spacial score (nSPS) is 11.7. The first kappa shape index (κ1) is 20.0. The monoisotopic (exact) mass is 370 g/mol. The standard InChI is InChI=1S/C21H26N2O2S/c1-2-3-6-15-20(24)23(17-11-7-4-8-12-17)19(21(22)25)16-26-18-13-9-5-10-14-18/h4-5,7-14,19H,2-3,6,15-16H2,1H3,(H2,22,25)/t19-/m1/s1. The van der Waals surface area contributed by atoms with Crippen LogP contribution in [0.3, 0.4) is 0 Å². The third-order valence-electron chi connectivity index (χ3n) is 4.09. The number of nitrogens with two attached hydrogens (primary N) is 1. The molecule has 2 amide bonds. The highest BCUT2D eigenvalue weighted by Gasteiger charge is 2.29. The second kappa shape index (κ2) is 10.7. The van der Waals surface area contributed by atoms with Crippen molar-refractivity contribution >= 4 is 29.3 Å². The van der Waals surface area contributed by atoms with Gasteiger partial charge in [-0.15, -0.1) is 11.8 Å². The Morgan fingerprint density at radius 3 is 2.19 bits per heavy atom. The largest absolute Gasteiger partial charge is 0.368 e. The number of unbranched alkanes of at least 4 members (excludes halogenated alkanes) is 2. The first-order valence-electron chi connectivity index (χ1n) is 8.97. The van der Waals surface area contributed by atoms with E-state index < -0.39 is 11.9 Å². The Morgan fingerprint density at radius 1 is 1.00 bits per heavy atom. The second-order valence-corrected chi connectivity index (χ2v) is 7.19. The predicted molar refractivity (Wildman–Crippen MR) is 108 cm³/mol. The molecular formula is C21H26N2O2S. The van der Waals surface area contributed by atoms with E-state index in [0.29, 0.717) is 17.9 Å². The summed E-state index contributed by atoms with van der Waals surface area (Å²) in [5, 5.41) is 0. The molecule has 2 rings (SSSR count). The van der Waals surface area contributed by atoms with Gasteiger partial charge in [0, 0.05) is 22.8 Å². The smallest absolute Gasteiger partial charge is 0.241 e. The lowest BCUT2D eigenvalue weighted by Crippen LogP contribution is -2.49. The molecule has 0 aliphatic rings. The van der Waals surface area contributed by atoms with Gasteiger partial charge in [-0.1, -0.05) is 56.2 Å². The molecule has 138 valence electrons. The molecule has 2 aromatic carbocycles. The molecule has 26 heavy (non-hydrogen) atoms. The van der Waals surface area contributed by atoms with Crippen molar-refractivity contribution in [2.24, 2.45) is 5.73 Å². The topological polar surface area (TPSA) is 63.4 Å². The fourth-order valence-corrected chi connectivity index (χ4v) is 3.72. The minimum absolute atomic E-state index is 0.0536. The minimum atomic E-state index is -0.684. The average molecular weight is 371 g/mol. The number of amides is 2. The zero-order valence-corrected chi connectivity index (χ0v) is 16.0. The Balaban J connectivity index is 2.21. The maximum atomic E-state index is 12.9. The molecule has 0 aliphatic carbocycles. The van der Waals surface area contributed by atoms with Gasteiger partial charge in [0.25, 0.3) is 0 Å². The Morgan fingerprint density at radius 2 is 1.62 bits per heavy atom. The highest BCUT2D eigenvalue weighted by molar-refractivity contribution is 7.99. The summed E-state index contributed by atoms with van der Waals surface area (Å²) in [7, 11) is 0. The van der Waals surface area contributed by atoms with Gasteiger partial charge in [0.1, 0.15) is 6.04 Å². The van der Waals surface area contributed by atoms with Gasteiger partial charge < -0.3 is 5.73 Å². The van der Waals surface area contributed by atoms with Crippen molar-refractivity contribution in [2.75, 3.05) is 10.7 Å². The number of nitrogens with zero attached hydrogens (tertiary/aromatic N) is 1. The van der Waals surface area contributed by atoms with Gasteiger partial charge in [-0.2, -0.15) is 0 Å². The molecule has 2 N–H and O–H groups in total. The van der Waals surface area contributed by atoms with E-state index in [2.05, 4.69) is 6.92 Å². The highest BCUT2D eigenvalue weighted by atomic mass is 32.2. The molecule has 0 spiro atoms. The average Bonchev–Trinajstić information content (AvgIpc) is 2.66. The van der Waals surface area contributed by atoms with Crippen molar-refractivity contribution in [2.45, 2.75) is 43.5 Å². The molecule has 0 bridgehead atoms. The van der Waals surface area contributed by atoms with E-state index in [4.69, 9.17) is 5.73 Å². The zero-order valence-electron chi connectivity index (χ0n) is 15.1. The molecule has 0 aliphatic heterocycles. The van der Waals surface area contributed by atoms with Crippen LogP contribution in [0.5, 0.6) is 0 Å². The number of para-hydroxylation sites is 1. The molecule has 0 unspecified atom stereocenters. The van der Waals surface area contributed by atoms with Gasteiger partial charge in [-0.3, -0.25) is 14.5 Å². The SMILES string of the molecule is CCCCCC(=O)N(c1ccccc1)[C@H](CSc1ccccc1)C(N)=O. The summed E-state index contributed by atoms with van der Waals surface area (Å²) >= 11 is 1.53. The van der Waals surface area contributed by atoms with Crippen molar-refractivity contribution < 1.29 is 9.59 Å². The van der Waals surface area contributed by atoms with Crippen LogP contribution < -0.4 is 10.6 Å². The number of carbonyl (C=O) groups excluding carboxylic acids is 2. The van der Waals surface area contributed by atoms with Gasteiger partial charge in [0.2, 0.25) is 11.8 Å². The Kier molecular flexibility index (Phi) is 8.22. The van der Waals surface area contributed by atoms with Crippen molar-refractivity contribution in [3.05, 3.63) is 60.7 Å². The van der Waals surface area contributed by atoms with Crippen LogP contribution in [-0.2, 0) is 9.59 Å². The number of primary amides is 1. The van der Waals surface area contributed by atoms with E-state index in [1.165, 1.54) is 11.8 Å². The van der Waals surface area contributed by atoms with Gasteiger partial charge in [-0.05, 0) is 30.7 Å². The van der Waals surface area contributed by atoms with Crippen LogP contribution >= 0.6 is 11.8 Å². The number of benzene rings is 2. The summed E-state index contributed by atoms with van der Waals surface area (Å²) in [6.45, 7) is 2.10. The Hall–Kier alpha value is -2.27. The van der Waals surface area contributed by atoms with Crippen LogP contribution in [0.25, 0.3) is 0 Å². The summed E-state index contributed by atoms with van der Waals surface area (Å²) in [5.74, 6) is -0.114. The fraction of sp³-hybridized carbons (Fsp3) is 0.333. The molecule has 0 radical (unpaired) electrons. The molecule has 0 aromatic heterocycles. The number of hydrogen-bond acceptors (Lipinski definition) is 3. The van der Waals surface area contributed by atoms with E-state index >= 15 is 0 Å². The summed E-state index contributed by atoms with van der Waals surface area (Å²) in [6.07, 6.45) is 3.27.